The maximum Gasteiger partial charge on any atom is 0.412 e. The molecule has 192 valence electrons. The van der Waals surface area contributed by atoms with Gasteiger partial charge in [-0.3, -0.25) is 4.90 Å². The van der Waals surface area contributed by atoms with Crippen molar-refractivity contribution in [1.82, 2.24) is 15.2 Å². The molecule has 0 unspecified atom stereocenters. The minimum atomic E-state index is -0.404. The van der Waals surface area contributed by atoms with E-state index in [2.05, 4.69) is 26.2 Å². The summed E-state index contributed by atoms with van der Waals surface area (Å²) in [6.45, 7) is 6.23. The third-order valence-electron chi connectivity index (χ3n) is 7.83. The summed E-state index contributed by atoms with van der Waals surface area (Å²) in [6.07, 6.45) is 8.01. The number of rotatable bonds is 6. The van der Waals surface area contributed by atoms with Crippen molar-refractivity contribution < 1.29 is 23.7 Å². The molecule has 9 heteroatoms. The Balaban J connectivity index is 0.894. The predicted octanol–water partition coefficient (Wildman–Crippen LogP) is 3.60. The number of nitrogens with zero attached hydrogens (tertiary/aromatic N) is 3. The highest BCUT2D eigenvalue weighted by atomic mass is 16.7. The van der Waals surface area contributed by atoms with Crippen LogP contribution in [0.4, 0.5) is 10.6 Å². The maximum absolute atomic E-state index is 12.4. The first-order chi connectivity index (χ1) is 17.7. The Morgan fingerprint density at radius 1 is 1.03 bits per heavy atom. The van der Waals surface area contributed by atoms with E-state index in [1.54, 1.807) is 18.2 Å². The molecule has 2 fully saturated rings. The molecule has 2 aromatic rings. The molecule has 3 aliphatic heterocycles. The number of benzene rings is 1. The van der Waals surface area contributed by atoms with Gasteiger partial charge in [0.1, 0.15) is 5.75 Å². The van der Waals surface area contributed by atoms with Gasteiger partial charge in [-0.05, 0) is 62.8 Å². The van der Waals surface area contributed by atoms with E-state index in [-0.39, 0.29) is 12.8 Å². The fraction of sp³-hybridized carbons (Fsp3) is 0.556. The number of pyridine rings is 1. The monoisotopic (exact) mass is 494 g/mol. The van der Waals surface area contributed by atoms with Crippen LogP contribution in [-0.2, 0) is 6.42 Å². The zero-order valence-electron chi connectivity index (χ0n) is 20.6. The molecular formula is C27H34N4O5. The van der Waals surface area contributed by atoms with Gasteiger partial charge in [0.05, 0.1) is 6.61 Å². The van der Waals surface area contributed by atoms with Crippen molar-refractivity contribution in [3.8, 4) is 23.0 Å². The van der Waals surface area contributed by atoms with Gasteiger partial charge in [0.25, 0.3) is 0 Å². The van der Waals surface area contributed by atoms with E-state index >= 15 is 0 Å². The molecule has 4 heterocycles. The van der Waals surface area contributed by atoms with Crippen molar-refractivity contribution >= 4 is 11.9 Å². The number of anilines is 1. The zero-order chi connectivity index (χ0) is 24.3. The lowest BCUT2D eigenvalue weighted by atomic mass is 9.84. The summed E-state index contributed by atoms with van der Waals surface area (Å²) in [5.74, 6) is 4.48. The van der Waals surface area contributed by atoms with Gasteiger partial charge in [0, 0.05) is 56.5 Å². The minimum absolute atomic E-state index is 0.175. The molecule has 1 aromatic heterocycles. The van der Waals surface area contributed by atoms with Crippen LogP contribution in [0.1, 0.15) is 37.7 Å². The van der Waals surface area contributed by atoms with Crippen LogP contribution < -0.4 is 29.2 Å². The molecule has 1 aliphatic carbocycles. The Morgan fingerprint density at radius 2 is 1.86 bits per heavy atom. The second-order valence-corrected chi connectivity index (χ2v) is 10.1. The molecule has 9 nitrogen and oxygen atoms in total. The lowest BCUT2D eigenvalue weighted by Gasteiger charge is -2.37. The summed E-state index contributed by atoms with van der Waals surface area (Å²) < 4.78 is 21.9. The van der Waals surface area contributed by atoms with Crippen LogP contribution in [0.15, 0.2) is 30.5 Å². The standard InChI is InChI=1S/C27H34N4O5/c32-27(36-22-5-6-23-24(17-22)35-18-34-23)29-21-3-1-19(2-4-21)8-11-30-12-14-31(15-13-30)26-25-20(7-10-28-26)9-16-33-25/h5-7,10,17,19,21H,1-4,8-9,11-16,18H2,(H,29,32). The quantitative estimate of drug-likeness (QED) is 0.652. The largest absolute Gasteiger partial charge is 0.489 e. The molecule has 1 aromatic carbocycles. The second kappa shape index (κ2) is 10.4. The molecule has 1 saturated heterocycles. The van der Waals surface area contributed by atoms with Gasteiger partial charge < -0.3 is 29.2 Å². The molecule has 1 amide bonds. The van der Waals surface area contributed by atoms with Gasteiger partial charge in [-0.1, -0.05) is 0 Å². The Kier molecular flexibility index (Phi) is 6.72. The lowest BCUT2D eigenvalue weighted by molar-refractivity contribution is 0.173. The first kappa shape index (κ1) is 23.2. The van der Waals surface area contributed by atoms with Crippen LogP contribution in [0, 0.1) is 5.92 Å². The number of ether oxygens (including phenoxy) is 4. The van der Waals surface area contributed by atoms with E-state index in [0.717, 1.165) is 88.9 Å². The van der Waals surface area contributed by atoms with Gasteiger partial charge in [0.15, 0.2) is 23.1 Å². The van der Waals surface area contributed by atoms with Gasteiger partial charge in [-0.15, -0.1) is 0 Å². The van der Waals surface area contributed by atoms with E-state index in [1.165, 1.54) is 12.0 Å². The summed E-state index contributed by atoms with van der Waals surface area (Å²) in [4.78, 5) is 21.9. The molecule has 4 aliphatic rings. The topological polar surface area (TPSA) is 85.4 Å². The third kappa shape index (κ3) is 5.16. The predicted molar refractivity (Wildman–Crippen MR) is 134 cm³/mol. The van der Waals surface area contributed by atoms with Crippen LogP contribution in [-0.4, -0.2) is 68.1 Å². The molecule has 1 saturated carbocycles. The number of hydrogen-bond donors (Lipinski definition) is 1. The van der Waals surface area contributed by atoms with Crippen LogP contribution >= 0.6 is 0 Å². The van der Waals surface area contributed by atoms with Crippen molar-refractivity contribution in [3.63, 3.8) is 0 Å². The number of piperazine rings is 1. The number of nitrogens with one attached hydrogen (secondary N) is 1. The highest BCUT2D eigenvalue weighted by molar-refractivity contribution is 5.71. The summed E-state index contributed by atoms with van der Waals surface area (Å²) >= 11 is 0. The molecule has 36 heavy (non-hydrogen) atoms. The molecule has 0 atom stereocenters. The van der Waals surface area contributed by atoms with E-state index in [1.807, 2.05) is 6.20 Å². The smallest absolute Gasteiger partial charge is 0.412 e. The molecule has 6 rings (SSSR count). The summed E-state index contributed by atoms with van der Waals surface area (Å²) in [5.41, 5.74) is 1.29. The van der Waals surface area contributed by atoms with Gasteiger partial charge >= 0.3 is 6.09 Å². The van der Waals surface area contributed by atoms with Crippen molar-refractivity contribution in [2.75, 3.05) is 51.0 Å². The molecule has 1 N–H and O–H groups in total. The molecule has 0 bridgehead atoms. The average Bonchev–Trinajstić information content (AvgIpc) is 3.58. The summed E-state index contributed by atoms with van der Waals surface area (Å²) in [5, 5.41) is 3.03. The van der Waals surface area contributed by atoms with Crippen LogP contribution in [0.3, 0.4) is 0 Å². The van der Waals surface area contributed by atoms with E-state index < -0.39 is 6.09 Å². The lowest BCUT2D eigenvalue weighted by Crippen LogP contribution is -2.47. The van der Waals surface area contributed by atoms with Gasteiger partial charge in [0.2, 0.25) is 6.79 Å². The highest BCUT2D eigenvalue weighted by Crippen LogP contribution is 2.36. The average molecular weight is 495 g/mol. The Labute approximate surface area is 211 Å². The van der Waals surface area contributed by atoms with Gasteiger partial charge in [-0.2, -0.15) is 0 Å². The van der Waals surface area contributed by atoms with Crippen molar-refractivity contribution in [2.24, 2.45) is 5.92 Å². The van der Waals surface area contributed by atoms with Crippen molar-refractivity contribution in [3.05, 3.63) is 36.0 Å². The Hall–Kier alpha value is -3.20. The fourth-order valence-corrected chi connectivity index (χ4v) is 5.71. The SMILES string of the molecule is O=C(NC1CCC(CCN2CCN(c3nccc4c3OCC4)CC2)CC1)Oc1ccc2c(c1)OCO2. The van der Waals surface area contributed by atoms with Crippen LogP contribution in [0.25, 0.3) is 0 Å². The number of carbonyl (C=O) groups excluding carboxylic acids is 1. The first-order valence-electron chi connectivity index (χ1n) is 13.2. The van der Waals surface area contributed by atoms with Crippen LogP contribution in [0.5, 0.6) is 23.0 Å². The highest BCUT2D eigenvalue weighted by Gasteiger charge is 2.27. The summed E-state index contributed by atoms with van der Waals surface area (Å²) in [7, 11) is 0. The third-order valence-corrected chi connectivity index (χ3v) is 7.83. The second-order valence-electron chi connectivity index (χ2n) is 10.1. The van der Waals surface area contributed by atoms with E-state index in [9.17, 15) is 4.79 Å². The number of aromatic nitrogens is 1. The van der Waals surface area contributed by atoms with E-state index in [0.29, 0.717) is 17.2 Å². The minimum Gasteiger partial charge on any atom is -0.489 e. The van der Waals surface area contributed by atoms with Crippen molar-refractivity contribution in [1.29, 1.82) is 0 Å². The maximum atomic E-state index is 12.4. The van der Waals surface area contributed by atoms with Gasteiger partial charge in [-0.25, -0.2) is 9.78 Å². The number of carbonyl (C=O) groups is 1. The molecule has 0 spiro atoms. The Morgan fingerprint density at radius 3 is 2.72 bits per heavy atom. The fourth-order valence-electron chi connectivity index (χ4n) is 5.71. The zero-order valence-corrected chi connectivity index (χ0v) is 20.6. The van der Waals surface area contributed by atoms with Crippen LogP contribution in [0.2, 0.25) is 0 Å². The first-order valence-corrected chi connectivity index (χ1v) is 13.2. The van der Waals surface area contributed by atoms with Crippen molar-refractivity contribution in [2.45, 2.75) is 44.6 Å². The molecular weight excluding hydrogens is 460 g/mol. The number of hydrogen-bond acceptors (Lipinski definition) is 8. The normalized spacial score (nSPS) is 23.2. The van der Waals surface area contributed by atoms with E-state index in [4.69, 9.17) is 18.9 Å². The number of fused-ring (bicyclic) bond motifs is 2. The number of amides is 1. The molecule has 0 radical (unpaired) electrons. The summed E-state index contributed by atoms with van der Waals surface area (Å²) in [6, 6.07) is 7.42. The Bertz CT molecular complexity index is 1080.